The number of thioether (sulfide) groups is 1. The normalized spacial score (nSPS) is 15.2. The number of hydrogen-bond donors (Lipinski definition) is 2. The van der Waals surface area contributed by atoms with Gasteiger partial charge in [-0.1, -0.05) is 23.7 Å². The van der Waals surface area contributed by atoms with Gasteiger partial charge in [-0.3, -0.25) is 24.1 Å². The van der Waals surface area contributed by atoms with E-state index >= 15 is 0 Å². The Balaban J connectivity index is 1.66. The van der Waals surface area contributed by atoms with Crippen molar-refractivity contribution in [2.24, 2.45) is 0 Å². The van der Waals surface area contributed by atoms with E-state index < -0.39 is 46.9 Å². The van der Waals surface area contributed by atoms with Gasteiger partial charge in [0.2, 0.25) is 11.8 Å². The molecule has 2 aromatic rings. The molecule has 7 nitrogen and oxygen atoms in total. The average molecular weight is 484 g/mol. The Bertz CT molecular complexity index is 1120. The maximum atomic E-state index is 13.1. The second kappa shape index (κ2) is 9.45. The maximum Gasteiger partial charge on any atom is 0.418 e. The number of rotatable bonds is 5. The molecule has 4 amide bonds. The third-order valence-corrected chi connectivity index (χ3v) is 5.22. The van der Waals surface area contributed by atoms with Gasteiger partial charge in [-0.05, 0) is 48.2 Å². The van der Waals surface area contributed by atoms with Crippen molar-refractivity contribution in [3.05, 3.63) is 70.1 Å². The highest BCUT2D eigenvalue weighted by Gasteiger charge is 2.38. The van der Waals surface area contributed by atoms with Gasteiger partial charge in [0.05, 0.1) is 16.2 Å². The Morgan fingerprint density at radius 3 is 2.34 bits per heavy atom. The van der Waals surface area contributed by atoms with Crippen LogP contribution in [0.5, 0.6) is 0 Å². The van der Waals surface area contributed by atoms with Gasteiger partial charge in [0.15, 0.2) is 0 Å². The number of carbonyl (C=O) groups excluding carboxylic acids is 4. The lowest BCUT2D eigenvalue weighted by Crippen LogP contribution is -2.36. The Morgan fingerprint density at radius 1 is 1.03 bits per heavy atom. The fraction of sp³-hybridized carbons (Fsp3) is 0.100. The molecule has 0 unspecified atom stereocenters. The fourth-order valence-corrected chi connectivity index (χ4v) is 3.57. The van der Waals surface area contributed by atoms with Gasteiger partial charge in [0, 0.05) is 16.8 Å². The van der Waals surface area contributed by atoms with Gasteiger partial charge in [-0.2, -0.15) is 13.2 Å². The third kappa shape index (κ3) is 5.68. The molecule has 2 N–H and O–H groups in total. The number of alkyl halides is 3. The number of benzene rings is 2. The van der Waals surface area contributed by atoms with Crippen molar-refractivity contribution >= 4 is 57.7 Å². The van der Waals surface area contributed by atoms with E-state index in [1.807, 2.05) is 0 Å². The summed E-state index contributed by atoms with van der Waals surface area (Å²) in [5.41, 5.74) is -1.17. The van der Waals surface area contributed by atoms with Crippen molar-refractivity contribution in [3.63, 3.8) is 0 Å². The van der Waals surface area contributed by atoms with Gasteiger partial charge in [-0.25, -0.2) is 0 Å². The van der Waals surface area contributed by atoms with Crippen molar-refractivity contribution in [3.8, 4) is 0 Å². The van der Waals surface area contributed by atoms with E-state index in [1.165, 1.54) is 18.2 Å². The molecule has 0 bridgehead atoms. The third-order valence-electron chi connectivity index (χ3n) is 4.06. The monoisotopic (exact) mass is 483 g/mol. The van der Waals surface area contributed by atoms with Gasteiger partial charge in [-0.15, -0.1) is 0 Å². The molecule has 1 fully saturated rings. The molecule has 1 saturated heterocycles. The average Bonchev–Trinajstić information content (AvgIpc) is 2.96. The highest BCUT2D eigenvalue weighted by Crippen LogP contribution is 2.35. The van der Waals surface area contributed by atoms with Crippen LogP contribution < -0.4 is 10.6 Å². The number of halogens is 4. The second-order valence-corrected chi connectivity index (χ2v) is 7.79. The van der Waals surface area contributed by atoms with E-state index in [1.54, 1.807) is 12.1 Å². The van der Waals surface area contributed by atoms with Crippen LogP contribution in [0.15, 0.2) is 59.5 Å². The summed E-state index contributed by atoms with van der Waals surface area (Å²) in [4.78, 5) is 49.1. The van der Waals surface area contributed by atoms with Crippen LogP contribution in [-0.4, -0.2) is 34.4 Å². The quantitative estimate of drug-likeness (QED) is 0.610. The Hall–Kier alpha value is -3.31. The first-order valence-corrected chi connectivity index (χ1v) is 10.0. The number of para-hydroxylation sites is 1. The maximum absolute atomic E-state index is 13.1. The molecule has 0 aliphatic carbocycles. The SMILES string of the molecule is O=C(/C=C1\SC(=O)N(CC(=O)Nc2ccccc2C(F)(F)F)C1=O)Nc1ccc(Cl)cc1. The molecule has 0 aromatic heterocycles. The topological polar surface area (TPSA) is 95.6 Å². The summed E-state index contributed by atoms with van der Waals surface area (Å²) in [5.74, 6) is -2.61. The summed E-state index contributed by atoms with van der Waals surface area (Å²) in [6.07, 6.45) is -3.80. The van der Waals surface area contributed by atoms with Crippen LogP contribution in [0.3, 0.4) is 0 Å². The van der Waals surface area contributed by atoms with Gasteiger partial charge in [0.25, 0.3) is 11.1 Å². The summed E-state index contributed by atoms with van der Waals surface area (Å²) in [6, 6.07) is 10.4. The number of imide groups is 1. The molecule has 3 rings (SSSR count). The molecule has 166 valence electrons. The van der Waals surface area contributed by atoms with Crippen molar-refractivity contribution < 1.29 is 32.3 Å². The zero-order valence-corrected chi connectivity index (χ0v) is 17.5. The first kappa shape index (κ1) is 23.4. The smallest absolute Gasteiger partial charge is 0.324 e. The molecule has 1 aliphatic rings. The molecule has 12 heteroatoms. The van der Waals surface area contributed by atoms with E-state index in [0.29, 0.717) is 27.4 Å². The highest BCUT2D eigenvalue weighted by atomic mass is 35.5. The van der Waals surface area contributed by atoms with Crippen LogP contribution >= 0.6 is 23.4 Å². The number of nitrogens with zero attached hydrogens (tertiary/aromatic N) is 1. The standard InChI is InChI=1S/C20H13ClF3N3O4S/c21-11-5-7-12(8-6-11)25-16(28)9-15-18(30)27(19(31)32-15)10-17(29)26-14-4-2-1-3-13(14)20(22,23)24/h1-9H,10H2,(H,25,28)(H,26,29)/b15-9-. The summed E-state index contributed by atoms with van der Waals surface area (Å²) < 4.78 is 39.2. The van der Waals surface area contributed by atoms with Crippen molar-refractivity contribution in [1.29, 1.82) is 0 Å². The summed E-state index contributed by atoms with van der Waals surface area (Å²) in [7, 11) is 0. The highest BCUT2D eigenvalue weighted by molar-refractivity contribution is 8.18. The number of nitrogens with one attached hydrogen (secondary N) is 2. The van der Waals surface area contributed by atoms with Crippen LogP contribution in [-0.2, 0) is 20.6 Å². The molecule has 0 atom stereocenters. The van der Waals surface area contributed by atoms with Crippen molar-refractivity contribution in [2.75, 3.05) is 17.2 Å². The zero-order valence-electron chi connectivity index (χ0n) is 15.9. The predicted octanol–water partition coefficient (Wildman–Crippen LogP) is 4.52. The first-order chi connectivity index (χ1) is 15.0. The van der Waals surface area contributed by atoms with E-state index in [9.17, 15) is 32.3 Å². The van der Waals surface area contributed by atoms with Crippen LogP contribution in [0.25, 0.3) is 0 Å². The number of amides is 4. The first-order valence-electron chi connectivity index (χ1n) is 8.82. The van der Waals surface area contributed by atoms with Crippen molar-refractivity contribution in [2.45, 2.75) is 6.18 Å². The molecule has 0 saturated carbocycles. The lowest BCUT2D eigenvalue weighted by molar-refractivity contribution is -0.137. The second-order valence-electron chi connectivity index (χ2n) is 6.36. The van der Waals surface area contributed by atoms with E-state index in [-0.39, 0.29) is 4.91 Å². The molecule has 32 heavy (non-hydrogen) atoms. The fourth-order valence-electron chi connectivity index (χ4n) is 2.64. The summed E-state index contributed by atoms with van der Waals surface area (Å²) >= 11 is 6.19. The predicted molar refractivity (Wildman–Crippen MR) is 113 cm³/mol. The largest absolute Gasteiger partial charge is 0.418 e. The minimum absolute atomic E-state index is 0.232. The lowest BCUT2D eigenvalue weighted by Gasteiger charge is -2.15. The van der Waals surface area contributed by atoms with Crippen LogP contribution in [0.1, 0.15) is 5.56 Å². The molecule has 1 heterocycles. The molecule has 2 aromatic carbocycles. The van der Waals surface area contributed by atoms with Gasteiger partial charge in [0.1, 0.15) is 6.54 Å². The Kier molecular flexibility index (Phi) is 6.90. The Morgan fingerprint density at radius 2 is 1.69 bits per heavy atom. The number of carbonyl (C=O) groups is 4. The number of anilines is 2. The summed E-state index contributed by atoms with van der Waals surface area (Å²) in [5, 5.41) is 4.16. The van der Waals surface area contributed by atoms with Gasteiger partial charge < -0.3 is 10.6 Å². The molecule has 1 aliphatic heterocycles. The molecular weight excluding hydrogens is 471 g/mol. The Labute approximate surface area is 188 Å². The minimum atomic E-state index is -4.70. The molecular formula is C20H13ClF3N3O4S. The van der Waals surface area contributed by atoms with Crippen LogP contribution in [0.4, 0.5) is 29.3 Å². The van der Waals surface area contributed by atoms with Crippen molar-refractivity contribution in [1.82, 2.24) is 4.90 Å². The zero-order chi connectivity index (χ0) is 23.5. The number of hydrogen-bond acceptors (Lipinski definition) is 5. The minimum Gasteiger partial charge on any atom is -0.324 e. The van der Waals surface area contributed by atoms with Crippen LogP contribution in [0, 0.1) is 0 Å². The van der Waals surface area contributed by atoms with E-state index in [4.69, 9.17) is 11.6 Å². The lowest BCUT2D eigenvalue weighted by atomic mass is 10.1. The van der Waals surface area contributed by atoms with Gasteiger partial charge >= 0.3 is 6.18 Å². The molecule has 0 radical (unpaired) electrons. The van der Waals surface area contributed by atoms with E-state index in [2.05, 4.69) is 10.6 Å². The summed E-state index contributed by atoms with van der Waals surface area (Å²) in [6.45, 7) is -0.812. The van der Waals surface area contributed by atoms with Crippen LogP contribution in [0.2, 0.25) is 5.02 Å². The molecule has 0 spiro atoms. The van der Waals surface area contributed by atoms with E-state index in [0.717, 1.165) is 24.3 Å².